The van der Waals surface area contributed by atoms with E-state index >= 15 is 0 Å². The van der Waals surface area contributed by atoms with Crippen LogP contribution in [0.5, 0.6) is 5.75 Å². The normalized spacial score (nSPS) is 16.7. The number of hydrogen-bond acceptors (Lipinski definition) is 5. The van der Waals surface area contributed by atoms with E-state index in [9.17, 15) is 10.1 Å². The molecule has 0 aliphatic carbocycles. The smallest absolute Gasteiger partial charge is 0.296 e. The average Bonchev–Trinajstić information content (AvgIpc) is 2.39. The fourth-order valence-corrected chi connectivity index (χ4v) is 2.09. The molecule has 1 fully saturated rings. The van der Waals surface area contributed by atoms with E-state index in [1.165, 1.54) is 13.2 Å². The van der Waals surface area contributed by atoms with Gasteiger partial charge in [-0.3, -0.25) is 10.1 Å². The molecule has 6 nitrogen and oxygen atoms in total. The number of likely N-dealkylation sites (N-methyl/N-ethyl adjacent to an activating group) is 1. The van der Waals surface area contributed by atoms with Crippen molar-refractivity contribution in [2.75, 3.05) is 45.2 Å². The Balaban J connectivity index is 2.29. The molecule has 0 amide bonds. The molecule has 0 saturated carbocycles. The first kappa shape index (κ1) is 12.6. The van der Waals surface area contributed by atoms with E-state index in [0.29, 0.717) is 11.4 Å². The zero-order valence-electron chi connectivity index (χ0n) is 10.6. The summed E-state index contributed by atoms with van der Waals surface area (Å²) in [4.78, 5) is 15.0. The van der Waals surface area contributed by atoms with Crippen LogP contribution < -0.4 is 9.64 Å². The number of rotatable bonds is 3. The van der Waals surface area contributed by atoms with Crippen molar-refractivity contribution in [1.82, 2.24) is 4.90 Å². The minimum atomic E-state index is -0.351. The zero-order chi connectivity index (χ0) is 13.1. The number of hydrogen-bond donors (Lipinski definition) is 0. The molecule has 0 N–H and O–H groups in total. The van der Waals surface area contributed by atoms with Gasteiger partial charge in [0.2, 0.25) is 0 Å². The first-order valence-corrected chi connectivity index (χ1v) is 5.87. The molecule has 1 aliphatic rings. The fourth-order valence-electron chi connectivity index (χ4n) is 2.09. The van der Waals surface area contributed by atoms with Crippen LogP contribution in [0, 0.1) is 10.1 Å². The minimum absolute atomic E-state index is 0.110. The monoisotopic (exact) mass is 251 g/mol. The quantitative estimate of drug-likeness (QED) is 0.599. The molecule has 1 heterocycles. The topological polar surface area (TPSA) is 58.8 Å². The summed E-state index contributed by atoms with van der Waals surface area (Å²) in [7, 11) is 3.56. The van der Waals surface area contributed by atoms with Crippen LogP contribution in [0.1, 0.15) is 0 Å². The van der Waals surface area contributed by atoms with Gasteiger partial charge in [0.15, 0.2) is 0 Å². The third-order valence-corrected chi connectivity index (χ3v) is 3.22. The highest BCUT2D eigenvalue weighted by molar-refractivity contribution is 5.65. The Morgan fingerprint density at radius 3 is 2.50 bits per heavy atom. The van der Waals surface area contributed by atoms with Crippen molar-refractivity contribution in [3.8, 4) is 5.75 Å². The summed E-state index contributed by atoms with van der Waals surface area (Å²) in [6.07, 6.45) is 0. The summed E-state index contributed by atoms with van der Waals surface area (Å²) in [6, 6.07) is 5.01. The molecule has 0 atom stereocenters. The van der Waals surface area contributed by atoms with Crippen LogP contribution in [-0.2, 0) is 0 Å². The molecule has 0 radical (unpaired) electrons. The molecule has 2 rings (SSSR count). The maximum atomic E-state index is 11.1. The van der Waals surface area contributed by atoms with Gasteiger partial charge < -0.3 is 14.5 Å². The Morgan fingerprint density at radius 1 is 1.28 bits per heavy atom. The van der Waals surface area contributed by atoms with Crippen LogP contribution in [0.2, 0.25) is 0 Å². The lowest BCUT2D eigenvalue weighted by molar-refractivity contribution is -0.384. The number of nitrogens with zero attached hydrogens (tertiary/aromatic N) is 3. The maximum Gasteiger partial charge on any atom is 0.296 e. The molecule has 18 heavy (non-hydrogen) atoms. The lowest BCUT2D eigenvalue weighted by Crippen LogP contribution is -2.44. The van der Waals surface area contributed by atoms with Crippen molar-refractivity contribution in [3.05, 3.63) is 28.3 Å². The minimum Gasteiger partial charge on any atom is -0.496 e. The summed E-state index contributed by atoms with van der Waals surface area (Å²) in [6.45, 7) is 3.46. The molecule has 98 valence electrons. The number of nitro benzene ring substituents is 1. The zero-order valence-corrected chi connectivity index (χ0v) is 10.6. The number of benzene rings is 1. The molecule has 1 aliphatic heterocycles. The number of piperazine rings is 1. The van der Waals surface area contributed by atoms with Crippen molar-refractivity contribution in [3.63, 3.8) is 0 Å². The molecule has 0 unspecified atom stereocenters. The Morgan fingerprint density at radius 2 is 1.94 bits per heavy atom. The molecule has 0 aromatic heterocycles. The highest BCUT2D eigenvalue weighted by atomic mass is 16.6. The highest BCUT2D eigenvalue weighted by Gasteiger charge is 2.23. The van der Waals surface area contributed by atoms with Crippen LogP contribution in [0.4, 0.5) is 11.4 Å². The summed E-state index contributed by atoms with van der Waals surface area (Å²) >= 11 is 0. The van der Waals surface area contributed by atoms with Crippen LogP contribution in [0.25, 0.3) is 0 Å². The lowest BCUT2D eigenvalue weighted by atomic mass is 10.2. The Labute approximate surface area is 106 Å². The maximum absolute atomic E-state index is 11.1. The van der Waals surface area contributed by atoms with E-state index in [1.807, 2.05) is 0 Å². The van der Waals surface area contributed by atoms with Crippen LogP contribution in [-0.4, -0.2) is 50.2 Å². The second-order valence-corrected chi connectivity index (χ2v) is 4.40. The highest BCUT2D eigenvalue weighted by Crippen LogP contribution is 2.32. The Kier molecular flexibility index (Phi) is 3.66. The van der Waals surface area contributed by atoms with Crippen LogP contribution in [0.3, 0.4) is 0 Å². The van der Waals surface area contributed by atoms with Crippen LogP contribution >= 0.6 is 0 Å². The van der Waals surface area contributed by atoms with Crippen molar-refractivity contribution in [2.24, 2.45) is 0 Å². The standard InChI is InChI=1S/C12H17N3O3/c1-13-5-7-14(8-6-13)11-4-3-10(18-2)9-12(11)15(16)17/h3-4,9H,5-8H2,1-2H3. The van der Waals surface area contributed by atoms with Crippen LogP contribution in [0.15, 0.2) is 18.2 Å². The van der Waals surface area contributed by atoms with Gasteiger partial charge in [-0.2, -0.15) is 0 Å². The number of nitro groups is 1. The van der Waals surface area contributed by atoms with Gasteiger partial charge in [-0.25, -0.2) is 0 Å². The second-order valence-electron chi connectivity index (χ2n) is 4.40. The van der Waals surface area contributed by atoms with Crippen molar-refractivity contribution >= 4 is 11.4 Å². The van der Waals surface area contributed by atoms with Gasteiger partial charge in [0, 0.05) is 26.2 Å². The van der Waals surface area contributed by atoms with E-state index in [2.05, 4.69) is 16.8 Å². The number of methoxy groups -OCH3 is 1. The SMILES string of the molecule is COc1ccc(N2CCN(C)CC2)c([N+](=O)[O-])c1. The Bertz CT molecular complexity index is 442. The van der Waals surface area contributed by atoms with Crippen molar-refractivity contribution in [2.45, 2.75) is 0 Å². The summed E-state index contributed by atoms with van der Waals surface area (Å²) in [5.74, 6) is 0.513. The lowest BCUT2D eigenvalue weighted by Gasteiger charge is -2.33. The first-order valence-electron chi connectivity index (χ1n) is 5.87. The molecule has 0 bridgehead atoms. The van der Waals surface area contributed by atoms with Gasteiger partial charge >= 0.3 is 0 Å². The third kappa shape index (κ3) is 2.53. The average molecular weight is 251 g/mol. The van der Waals surface area contributed by atoms with Crippen molar-refractivity contribution < 1.29 is 9.66 Å². The summed E-state index contributed by atoms with van der Waals surface area (Å²) in [5.41, 5.74) is 0.785. The largest absolute Gasteiger partial charge is 0.496 e. The van der Waals surface area contributed by atoms with E-state index in [-0.39, 0.29) is 10.6 Å². The van der Waals surface area contributed by atoms with E-state index in [1.54, 1.807) is 12.1 Å². The second kappa shape index (κ2) is 5.22. The number of anilines is 1. The predicted octanol–water partition coefficient (Wildman–Crippen LogP) is 1.36. The molecular formula is C12H17N3O3. The predicted molar refractivity (Wildman–Crippen MR) is 69.4 cm³/mol. The molecule has 1 aromatic carbocycles. The number of ether oxygens (including phenoxy) is 1. The van der Waals surface area contributed by atoms with E-state index in [0.717, 1.165) is 26.2 Å². The van der Waals surface area contributed by atoms with E-state index in [4.69, 9.17) is 4.74 Å². The van der Waals surface area contributed by atoms with Gasteiger partial charge in [0.05, 0.1) is 18.1 Å². The Hall–Kier alpha value is -1.82. The van der Waals surface area contributed by atoms with Gasteiger partial charge in [-0.1, -0.05) is 0 Å². The van der Waals surface area contributed by atoms with Gasteiger partial charge in [0.25, 0.3) is 5.69 Å². The molecule has 1 aromatic rings. The first-order chi connectivity index (χ1) is 8.61. The summed E-state index contributed by atoms with van der Waals surface area (Å²) in [5, 5.41) is 11.1. The molecular weight excluding hydrogens is 234 g/mol. The summed E-state index contributed by atoms with van der Waals surface area (Å²) < 4.78 is 5.03. The van der Waals surface area contributed by atoms with E-state index < -0.39 is 0 Å². The van der Waals surface area contributed by atoms with Gasteiger partial charge in [0.1, 0.15) is 11.4 Å². The molecule has 0 spiro atoms. The third-order valence-electron chi connectivity index (χ3n) is 3.22. The fraction of sp³-hybridized carbons (Fsp3) is 0.500. The van der Waals surface area contributed by atoms with Gasteiger partial charge in [-0.05, 0) is 19.2 Å². The van der Waals surface area contributed by atoms with Gasteiger partial charge in [-0.15, -0.1) is 0 Å². The molecule has 6 heteroatoms. The molecule has 1 saturated heterocycles. The van der Waals surface area contributed by atoms with Crippen molar-refractivity contribution in [1.29, 1.82) is 0 Å².